The first-order chi connectivity index (χ1) is 20.9. The maximum Gasteiger partial charge on any atom is 0.435 e. The number of aliphatic hydroxyl groups excluding tert-OH is 1. The van der Waals surface area contributed by atoms with E-state index in [4.69, 9.17) is 10.8 Å². The van der Waals surface area contributed by atoms with Gasteiger partial charge in [0, 0.05) is 36.1 Å². The fourth-order valence-corrected chi connectivity index (χ4v) is 4.08. The van der Waals surface area contributed by atoms with Crippen molar-refractivity contribution in [2.45, 2.75) is 52.6 Å². The lowest BCUT2D eigenvalue weighted by Gasteiger charge is -2.19. The van der Waals surface area contributed by atoms with Crippen molar-refractivity contribution in [1.29, 1.82) is 0 Å². The molecule has 4 aromatic rings. The molecule has 0 saturated carbocycles. The van der Waals surface area contributed by atoms with Crippen LogP contribution in [0.2, 0.25) is 0 Å². The number of carbonyl (C=O) groups excluding carboxylic acids is 2. The van der Waals surface area contributed by atoms with E-state index in [0.29, 0.717) is 35.3 Å². The van der Waals surface area contributed by atoms with E-state index < -0.39 is 47.9 Å². The molecular formula is C30H31F6N5O3. The summed E-state index contributed by atoms with van der Waals surface area (Å²) in [5, 5.41) is 14.5. The van der Waals surface area contributed by atoms with Crippen molar-refractivity contribution < 1.29 is 41.0 Å². The van der Waals surface area contributed by atoms with Gasteiger partial charge in [-0.2, -0.15) is 18.3 Å². The smallest absolute Gasteiger partial charge is 0.392 e. The van der Waals surface area contributed by atoms with Crippen molar-refractivity contribution in [1.82, 2.24) is 20.1 Å². The van der Waals surface area contributed by atoms with Crippen LogP contribution in [0.25, 0.3) is 11.1 Å². The highest BCUT2D eigenvalue weighted by Gasteiger charge is 2.36. The van der Waals surface area contributed by atoms with E-state index in [0.717, 1.165) is 28.9 Å². The standard InChI is InChI=1S/C21H16F3N3O2.C7H9F3N2O.C2H6/c22-14-6-12(7-15(23)10-14)8-19(27-11-28)20-16(2-1-5-26-20)13-3-4-18(24)17(9-13)21(25)29;1-2-12-3-5(4-13)6(11-12)7(8,9)10;1-2/h1-7,9-11,19H,8H2,(H2,25,29)(H,27,28);3,13H,2,4H2,1H3;1-2H3. The molecule has 8 nitrogen and oxygen atoms in total. The van der Waals surface area contributed by atoms with Crippen LogP contribution in [0.3, 0.4) is 0 Å². The first kappa shape index (κ1) is 35.5. The Labute approximate surface area is 249 Å². The Kier molecular flexibility index (Phi) is 13.1. The van der Waals surface area contributed by atoms with Gasteiger partial charge in [-0.05, 0) is 54.8 Å². The number of nitrogens with two attached hydrogens (primary N) is 1. The molecular weight excluding hydrogens is 592 g/mol. The first-order valence-corrected chi connectivity index (χ1v) is 13.3. The number of alkyl halides is 3. The van der Waals surface area contributed by atoms with E-state index in [9.17, 15) is 35.9 Å². The van der Waals surface area contributed by atoms with Crippen LogP contribution in [0.1, 0.15) is 59.7 Å². The number of halogens is 6. The topological polar surface area (TPSA) is 123 Å². The van der Waals surface area contributed by atoms with Crippen LogP contribution >= 0.6 is 0 Å². The van der Waals surface area contributed by atoms with Gasteiger partial charge in [0.2, 0.25) is 6.41 Å². The average Bonchev–Trinajstić information content (AvgIpc) is 3.43. The first-order valence-electron chi connectivity index (χ1n) is 13.3. The molecule has 236 valence electrons. The van der Waals surface area contributed by atoms with Crippen molar-refractivity contribution in [3.63, 3.8) is 0 Å². The monoisotopic (exact) mass is 623 g/mol. The van der Waals surface area contributed by atoms with E-state index in [-0.39, 0.29) is 17.5 Å². The number of carbonyl (C=O) groups is 2. The molecule has 0 radical (unpaired) electrons. The van der Waals surface area contributed by atoms with Crippen LogP contribution < -0.4 is 11.1 Å². The van der Waals surface area contributed by atoms with Crippen LogP contribution in [0.5, 0.6) is 0 Å². The molecule has 0 fully saturated rings. The number of hydrogen-bond donors (Lipinski definition) is 3. The second-order valence-corrected chi connectivity index (χ2v) is 8.83. The molecule has 44 heavy (non-hydrogen) atoms. The van der Waals surface area contributed by atoms with Crippen LogP contribution in [-0.2, 0) is 30.5 Å². The SMILES string of the molecule is CC.CCn1cc(CO)c(C(F)(F)F)n1.NC(=O)c1cc(-c2cccnc2C(Cc2cc(F)cc(F)c2)NC=O)ccc1F. The molecule has 0 aliphatic rings. The Morgan fingerprint density at radius 3 is 2.27 bits per heavy atom. The Balaban J connectivity index is 0.000000376. The number of hydrogen-bond acceptors (Lipinski definition) is 5. The number of aryl methyl sites for hydroxylation is 1. The molecule has 0 saturated heterocycles. The molecule has 2 heterocycles. The highest BCUT2D eigenvalue weighted by Crippen LogP contribution is 2.31. The Bertz CT molecular complexity index is 1540. The molecule has 2 aromatic carbocycles. The molecule has 0 bridgehead atoms. The Morgan fingerprint density at radius 1 is 1.09 bits per heavy atom. The molecule has 0 aliphatic carbocycles. The lowest BCUT2D eigenvalue weighted by Crippen LogP contribution is -2.23. The van der Waals surface area contributed by atoms with Crippen LogP contribution in [0, 0.1) is 17.5 Å². The number of rotatable bonds is 9. The van der Waals surface area contributed by atoms with Crippen molar-refractivity contribution >= 4 is 12.3 Å². The van der Waals surface area contributed by atoms with Gasteiger partial charge in [0.05, 0.1) is 23.9 Å². The third-order valence-electron chi connectivity index (χ3n) is 5.94. The van der Waals surface area contributed by atoms with Gasteiger partial charge in [0.25, 0.3) is 5.91 Å². The molecule has 2 aromatic heterocycles. The van der Waals surface area contributed by atoms with Crippen molar-refractivity contribution in [2.75, 3.05) is 0 Å². The normalized spacial score (nSPS) is 11.4. The molecule has 1 unspecified atom stereocenters. The molecule has 0 spiro atoms. The van der Waals surface area contributed by atoms with Crippen LogP contribution in [0.4, 0.5) is 26.3 Å². The second kappa shape index (κ2) is 16.2. The van der Waals surface area contributed by atoms with Crippen molar-refractivity contribution in [3.8, 4) is 11.1 Å². The van der Waals surface area contributed by atoms with Crippen molar-refractivity contribution in [3.05, 3.63) is 106 Å². The highest BCUT2D eigenvalue weighted by atomic mass is 19.4. The number of pyridine rings is 1. The number of nitrogens with one attached hydrogen (secondary N) is 1. The third kappa shape index (κ3) is 9.39. The summed E-state index contributed by atoms with van der Waals surface area (Å²) in [5.74, 6) is -3.16. The van der Waals surface area contributed by atoms with Crippen molar-refractivity contribution in [2.24, 2.45) is 5.73 Å². The van der Waals surface area contributed by atoms with E-state index in [1.807, 2.05) is 13.8 Å². The summed E-state index contributed by atoms with van der Waals surface area (Å²) < 4.78 is 78.7. The summed E-state index contributed by atoms with van der Waals surface area (Å²) in [5.41, 5.74) is 5.39. The van der Waals surface area contributed by atoms with E-state index in [1.54, 1.807) is 19.1 Å². The number of aliphatic hydroxyl groups is 1. The third-order valence-corrected chi connectivity index (χ3v) is 5.94. The second-order valence-electron chi connectivity index (χ2n) is 8.83. The molecule has 4 N–H and O–H groups in total. The number of amides is 2. The van der Waals surface area contributed by atoms with E-state index in [2.05, 4.69) is 15.4 Å². The summed E-state index contributed by atoms with van der Waals surface area (Å²) in [4.78, 5) is 26.9. The zero-order valence-electron chi connectivity index (χ0n) is 24.0. The summed E-state index contributed by atoms with van der Waals surface area (Å²) in [6.07, 6.45) is -1.29. The maximum atomic E-state index is 13.8. The number of primary amides is 1. The maximum absolute atomic E-state index is 13.8. The summed E-state index contributed by atoms with van der Waals surface area (Å²) in [6.45, 7) is 5.38. The lowest BCUT2D eigenvalue weighted by atomic mass is 9.94. The van der Waals surface area contributed by atoms with Gasteiger partial charge in [-0.1, -0.05) is 26.0 Å². The van der Waals surface area contributed by atoms with Gasteiger partial charge < -0.3 is 16.2 Å². The lowest BCUT2D eigenvalue weighted by molar-refractivity contribution is -0.142. The van der Waals surface area contributed by atoms with Gasteiger partial charge >= 0.3 is 6.18 Å². The highest BCUT2D eigenvalue weighted by molar-refractivity contribution is 5.94. The molecule has 4 rings (SSSR count). The fourth-order valence-electron chi connectivity index (χ4n) is 4.08. The Hall–Kier alpha value is -4.72. The minimum Gasteiger partial charge on any atom is -0.392 e. The molecule has 1 atom stereocenters. The predicted molar refractivity (Wildman–Crippen MR) is 150 cm³/mol. The fraction of sp³-hybridized carbons (Fsp3) is 0.267. The average molecular weight is 624 g/mol. The van der Waals surface area contributed by atoms with E-state index in [1.165, 1.54) is 24.5 Å². The quantitative estimate of drug-likeness (QED) is 0.162. The summed E-state index contributed by atoms with van der Waals surface area (Å²) >= 11 is 0. The number of aromatic nitrogens is 3. The van der Waals surface area contributed by atoms with E-state index >= 15 is 0 Å². The zero-order valence-corrected chi connectivity index (χ0v) is 24.0. The largest absolute Gasteiger partial charge is 0.435 e. The van der Waals surface area contributed by atoms with Gasteiger partial charge in [0.15, 0.2) is 5.69 Å². The minimum absolute atomic E-state index is 0.0568. The van der Waals surface area contributed by atoms with Crippen LogP contribution in [-0.4, -0.2) is 32.2 Å². The summed E-state index contributed by atoms with van der Waals surface area (Å²) in [7, 11) is 0. The molecule has 14 heteroatoms. The van der Waals surface area contributed by atoms with Gasteiger partial charge in [0.1, 0.15) is 17.5 Å². The minimum atomic E-state index is -4.49. The number of benzene rings is 2. The molecule has 2 amide bonds. The summed E-state index contributed by atoms with van der Waals surface area (Å²) in [6, 6.07) is 9.49. The van der Waals surface area contributed by atoms with Gasteiger partial charge in [-0.15, -0.1) is 0 Å². The zero-order chi connectivity index (χ0) is 33.0. The number of nitrogens with zero attached hydrogens (tertiary/aromatic N) is 3. The van der Waals surface area contributed by atoms with Gasteiger partial charge in [-0.25, -0.2) is 13.2 Å². The Morgan fingerprint density at radius 2 is 1.75 bits per heavy atom. The molecule has 0 aliphatic heterocycles. The van der Waals surface area contributed by atoms with Crippen LogP contribution in [0.15, 0.2) is 60.9 Å². The predicted octanol–water partition coefficient (Wildman–Crippen LogP) is 5.73. The van der Waals surface area contributed by atoms with Gasteiger partial charge in [-0.3, -0.25) is 19.3 Å².